The second-order valence-corrected chi connectivity index (χ2v) is 4.92. The number of carbonyl (C=O) groups excluding carboxylic acids is 1. The first-order chi connectivity index (χ1) is 9.24. The van der Waals surface area contributed by atoms with Gasteiger partial charge in [0, 0.05) is 18.7 Å². The molecule has 2 aliphatic rings. The van der Waals surface area contributed by atoms with E-state index in [1.165, 1.54) is 0 Å². The first kappa shape index (κ1) is 12.3. The zero-order chi connectivity index (χ0) is 13.4. The Bertz CT molecular complexity index is 498. The summed E-state index contributed by atoms with van der Waals surface area (Å²) < 4.78 is 10.7. The van der Waals surface area contributed by atoms with Crippen LogP contribution in [-0.2, 0) is 11.2 Å². The highest BCUT2D eigenvalue weighted by Gasteiger charge is 2.36. The van der Waals surface area contributed by atoms with E-state index in [0.29, 0.717) is 12.3 Å². The summed E-state index contributed by atoms with van der Waals surface area (Å²) in [6.45, 7) is 1.24. The smallest absolute Gasteiger partial charge is 0.241 e. The Hall–Kier alpha value is -1.75. The quantitative estimate of drug-likeness (QED) is 0.862. The molecule has 2 aliphatic heterocycles. The molecule has 3 rings (SSSR count). The number of piperazine rings is 1. The lowest BCUT2D eigenvalue weighted by molar-refractivity contribution is -0.119. The number of carbonyl (C=O) groups is 1. The lowest BCUT2D eigenvalue weighted by atomic mass is 9.93. The molecule has 0 saturated carbocycles. The van der Waals surface area contributed by atoms with Crippen LogP contribution >= 0.6 is 0 Å². The summed E-state index contributed by atoms with van der Waals surface area (Å²) in [7, 11) is 3.27. The molecule has 102 valence electrons. The molecule has 1 aromatic rings. The van der Waals surface area contributed by atoms with Crippen molar-refractivity contribution >= 4 is 11.6 Å². The minimum atomic E-state index is 0.112. The SMILES string of the molecule is COc1cc2c(c(OC)c1)N1C(=O)CNCC1CC2. The first-order valence-corrected chi connectivity index (χ1v) is 6.52. The van der Waals surface area contributed by atoms with Crippen LogP contribution in [0.2, 0.25) is 0 Å². The molecule has 1 N–H and O–H groups in total. The Labute approximate surface area is 112 Å². The van der Waals surface area contributed by atoms with Gasteiger partial charge in [-0.2, -0.15) is 0 Å². The number of hydrogen-bond donors (Lipinski definition) is 1. The summed E-state index contributed by atoms with van der Waals surface area (Å²) in [4.78, 5) is 14.1. The van der Waals surface area contributed by atoms with Gasteiger partial charge in [0.2, 0.25) is 5.91 Å². The third kappa shape index (κ3) is 1.94. The van der Waals surface area contributed by atoms with E-state index in [9.17, 15) is 4.79 Å². The number of fused-ring (bicyclic) bond motifs is 3. The van der Waals surface area contributed by atoms with Gasteiger partial charge >= 0.3 is 0 Å². The maximum absolute atomic E-state index is 12.2. The molecule has 1 saturated heterocycles. The van der Waals surface area contributed by atoms with Crippen LogP contribution in [0.1, 0.15) is 12.0 Å². The molecule has 5 nitrogen and oxygen atoms in total. The van der Waals surface area contributed by atoms with Crippen molar-refractivity contribution in [3.63, 3.8) is 0 Å². The van der Waals surface area contributed by atoms with Gasteiger partial charge in [-0.3, -0.25) is 4.79 Å². The van der Waals surface area contributed by atoms with E-state index in [2.05, 4.69) is 5.32 Å². The zero-order valence-corrected chi connectivity index (χ0v) is 11.2. The first-order valence-electron chi connectivity index (χ1n) is 6.52. The Kier molecular flexibility index (Phi) is 3.06. The Morgan fingerprint density at radius 3 is 2.89 bits per heavy atom. The number of methoxy groups -OCH3 is 2. The van der Waals surface area contributed by atoms with Crippen LogP contribution in [0.3, 0.4) is 0 Å². The standard InChI is InChI=1S/C14H18N2O3/c1-18-11-5-9-3-4-10-7-15-8-13(17)16(10)14(9)12(6-11)19-2/h5-6,10,15H,3-4,7-8H2,1-2H3. The van der Waals surface area contributed by atoms with Crippen LogP contribution in [0.25, 0.3) is 0 Å². The van der Waals surface area contributed by atoms with Crippen molar-refractivity contribution < 1.29 is 14.3 Å². The van der Waals surface area contributed by atoms with E-state index in [-0.39, 0.29) is 11.9 Å². The molecule has 1 unspecified atom stereocenters. The second-order valence-electron chi connectivity index (χ2n) is 4.92. The molecular weight excluding hydrogens is 244 g/mol. The minimum absolute atomic E-state index is 0.112. The number of rotatable bonds is 2. The van der Waals surface area contributed by atoms with Gasteiger partial charge in [-0.05, 0) is 24.5 Å². The van der Waals surface area contributed by atoms with Crippen LogP contribution in [0.15, 0.2) is 12.1 Å². The molecule has 0 aromatic heterocycles. The summed E-state index contributed by atoms with van der Waals surface area (Å²) in [5, 5.41) is 3.17. The molecule has 19 heavy (non-hydrogen) atoms. The van der Waals surface area contributed by atoms with Gasteiger partial charge in [-0.1, -0.05) is 0 Å². The number of ether oxygens (including phenoxy) is 2. The second kappa shape index (κ2) is 4.74. The molecule has 0 spiro atoms. The average molecular weight is 262 g/mol. The van der Waals surface area contributed by atoms with Gasteiger partial charge in [-0.25, -0.2) is 0 Å². The zero-order valence-electron chi connectivity index (χ0n) is 11.2. The number of nitrogens with one attached hydrogen (secondary N) is 1. The number of aryl methyl sites for hydroxylation is 1. The summed E-state index contributed by atoms with van der Waals surface area (Å²) in [6, 6.07) is 4.08. The summed E-state index contributed by atoms with van der Waals surface area (Å²) in [5.74, 6) is 1.60. The average Bonchev–Trinajstić information content (AvgIpc) is 2.45. The maximum atomic E-state index is 12.2. The molecule has 0 bridgehead atoms. The highest BCUT2D eigenvalue weighted by molar-refractivity contribution is 5.99. The molecule has 0 radical (unpaired) electrons. The molecule has 2 heterocycles. The third-order valence-corrected chi connectivity index (χ3v) is 3.86. The lowest BCUT2D eigenvalue weighted by Crippen LogP contribution is -2.57. The molecule has 0 aliphatic carbocycles. The fraction of sp³-hybridized carbons (Fsp3) is 0.500. The number of anilines is 1. The molecular formula is C14H18N2O3. The molecule has 1 fully saturated rings. The van der Waals surface area contributed by atoms with E-state index in [4.69, 9.17) is 9.47 Å². The van der Waals surface area contributed by atoms with Crippen LogP contribution < -0.4 is 19.7 Å². The van der Waals surface area contributed by atoms with Crippen molar-refractivity contribution in [2.45, 2.75) is 18.9 Å². The molecule has 1 amide bonds. The summed E-state index contributed by atoms with van der Waals surface area (Å²) >= 11 is 0. The van der Waals surface area contributed by atoms with Gasteiger partial charge in [0.1, 0.15) is 11.5 Å². The van der Waals surface area contributed by atoms with Crippen LogP contribution in [0.4, 0.5) is 5.69 Å². The van der Waals surface area contributed by atoms with Gasteiger partial charge in [0.25, 0.3) is 0 Å². The molecule has 5 heteroatoms. The third-order valence-electron chi connectivity index (χ3n) is 3.86. The molecule has 1 atom stereocenters. The van der Waals surface area contributed by atoms with Crippen molar-refractivity contribution in [3.8, 4) is 11.5 Å². The van der Waals surface area contributed by atoms with E-state index in [1.807, 2.05) is 17.0 Å². The fourth-order valence-corrected chi connectivity index (χ4v) is 2.96. The van der Waals surface area contributed by atoms with Crippen molar-refractivity contribution in [3.05, 3.63) is 17.7 Å². The van der Waals surface area contributed by atoms with Crippen molar-refractivity contribution in [2.24, 2.45) is 0 Å². The maximum Gasteiger partial charge on any atom is 0.241 e. The van der Waals surface area contributed by atoms with E-state index < -0.39 is 0 Å². The van der Waals surface area contributed by atoms with Crippen LogP contribution in [-0.4, -0.2) is 39.3 Å². The highest BCUT2D eigenvalue weighted by Crippen LogP contribution is 2.42. The number of amides is 1. The normalized spacial score (nSPS) is 21.7. The Morgan fingerprint density at radius 2 is 2.16 bits per heavy atom. The summed E-state index contributed by atoms with van der Waals surface area (Å²) in [5.41, 5.74) is 2.05. The largest absolute Gasteiger partial charge is 0.497 e. The van der Waals surface area contributed by atoms with E-state index in [1.54, 1.807) is 14.2 Å². The highest BCUT2D eigenvalue weighted by atomic mass is 16.5. The number of hydrogen-bond acceptors (Lipinski definition) is 4. The minimum Gasteiger partial charge on any atom is -0.497 e. The fourth-order valence-electron chi connectivity index (χ4n) is 2.96. The lowest BCUT2D eigenvalue weighted by Gasteiger charge is -2.41. The predicted octanol–water partition coefficient (Wildman–Crippen LogP) is 0.955. The topological polar surface area (TPSA) is 50.8 Å². The molecule has 1 aromatic carbocycles. The van der Waals surface area contributed by atoms with E-state index in [0.717, 1.165) is 36.4 Å². The van der Waals surface area contributed by atoms with Crippen LogP contribution in [0.5, 0.6) is 11.5 Å². The number of benzene rings is 1. The number of nitrogens with zero attached hydrogens (tertiary/aromatic N) is 1. The van der Waals surface area contributed by atoms with E-state index >= 15 is 0 Å². The van der Waals surface area contributed by atoms with Crippen molar-refractivity contribution in [2.75, 3.05) is 32.2 Å². The Morgan fingerprint density at radius 1 is 1.32 bits per heavy atom. The summed E-state index contributed by atoms with van der Waals surface area (Å²) in [6.07, 6.45) is 1.92. The van der Waals surface area contributed by atoms with Gasteiger partial charge in [-0.15, -0.1) is 0 Å². The monoisotopic (exact) mass is 262 g/mol. The van der Waals surface area contributed by atoms with Crippen molar-refractivity contribution in [1.82, 2.24) is 5.32 Å². The van der Waals surface area contributed by atoms with Gasteiger partial charge < -0.3 is 19.7 Å². The van der Waals surface area contributed by atoms with Gasteiger partial charge in [0.15, 0.2) is 0 Å². The Balaban J connectivity index is 2.12. The van der Waals surface area contributed by atoms with Crippen LogP contribution in [0, 0.1) is 0 Å². The van der Waals surface area contributed by atoms with Crippen molar-refractivity contribution in [1.29, 1.82) is 0 Å². The van der Waals surface area contributed by atoms with Gasteiger partial charge in [0.05, 0.1) is 26.5 Å². The predicted molar refractivity (Wildman–Crippen MR) is 72.0 cm³/mol.